The molecule has 0 aliphatic carbocycles. The summed E-state index contributed by atoms with van der Waals surface area (Å²) in [6.45, 7) is 5.93. The van der Waals surface area contributed by atoms with Crippen LogP contribution in [-0.2, 0) is 11.3 Å². The second-order valence-corrected chi connectivity index (χ2v) is 5.69. The van der Waals surface area contributed by atoms with Crippen molar-refractivity contribution in [3.05, 3.63) is 5.56 Å². The Morgan fingerprint density at radius 3 is 2.86 bits per heavy atom. The van der Waals surface area contributed by atoms with Gasteiger partial charge < -0.3 is 15.4 Å². The van der Waals surface area contributed by atoms with Gasteiger partial charge in [-0.2, -0.15) is 5.10 Å². The molecule has 21 heavy (non-hydrogen) atoms. The molecule has 0 spiro atoms. The molecule has 6 nitrogen and oxygen atoms in total. The number of carbonyl (C=O) groups is 1. The lowest BCUT2D eigenvalue weighted by atomic mass is 10.0. The van der Waals surface area contributed by atoms with Crippen molar-refractivity contribution >= 4 is 17.6 Å². The highest BCUT2D eigenvalue weighted by atomic mass is 16.5. The van der Waals surface area contributed by atoms with E-state index in [9.17, 15) is 4.79 Å². The number of nitrogens with zero attached hydrogens (tertiary/aromatic N) is 3. The first-order valence-corrected chi connectivity index (χ1v) is 7.81. The normalized spacial score (nSPS) is 18.8. The minimum atomic E-state index is -0.400. The fourth-order valence-corrected chi connectivity index (χ4v) is 2.85. The van der Waals surface area contributed by atoms with E-state index in [-0.39, 0.29) is 0 Å². The second-order valence-electron chi connectivity index (χ2n) is 5.69. The van der Waals surface area contributed by atoms with E-state index in [0.29, 0.717) is 23.2 Å². The van der Waals surface area contributed by atoms with Crippen LogP contribution in [-0.4, -0.2) is 35.4 Å². The van der Waals surface area contributed by atoms with Gasteiger partial charge in [0.25, 0.3) is 0 Å². The molecule has 1 unspecified atom stereocenters. The van der Waals surface area contributed by atoms with Crippen LogP contribution in [0.3, 0.4) is 0 Å². The Balaban J connectivity index is 2.39. The van der Waals surface area contributed by atoms with Crippen LogP contribution in [0.15, 0.2) is 0 Å². The summed E-state index contributed by atoms with van der Waals surface area (Å²) in [6.07, 6.45) is 5.50. The number of methoxy groups -OCH3 is 1. The van der Waals surface area contributed by atoms with Gasteiger partial charge in [0.2, 0.25) is 0 Å². The Morgan fingerprint density at radius 1 is 1.48 bits per heavy atom. The van der Waals surface area contributed by atoms with E-state index < -0.39 is 5.97 Å². The summed E-state index contributed by atoms with van der Waals surface area (Å²) in [5, 5.41) is 4.61. The van der Waals surface area contributed by atoms with Crippen molar-refractivity contribution in [1.82, 2.24) is 9.78 Å². The third kappa shape index (κ3) is 3.14. The number of hydrogen-bond acceptors (Lipinski definition) is 5. The van der Waals surface area contributed by atoms with Crippen LogP contribution in [0.5, 0.6) is 0 Å². The monoisotopic (exact) mass is 294 g/mol. The van der Waals surface area contributed by atoms with Crippen molar-refractivity contribution < 1.29 is 9.53 Å². The van der Waals surface area contributed by atoms with E-state index in [0.717, 1.165) is 38.8 Å². The predicted molar refractivity (Wildman–Crippen MR) is 83.5 cm³/mol. The minimum Gasteiger partial charge on any atom is -0.465 e. The minimum absolute atomic E-state index is 0.371. The number of piperidine rings is 1. The fraction of sp³-hybridized carbons (Fsp3) is 0.733. The third-order valence-corrected chi connectivity index (χ3v) is 4.16. The zero-order valence-electron chi connectivity index (χ0n) is 13.3. The molecule has 1 atom stereocenters. The number of ether oxygens (including phenoxy) is 1. The molecule has 1 saturated heterocycles. The lowest BCUT2D eigenvalue weighted by molar-refractivity contribution is 0.0602. The summed E-state index contributed by atoms with van der Waals surface area (Å²) in [5.41, 5.74) is 6.57. The van der Waals surface area contributed by atoms with E-state index >= 15 is 0 Å². The largest absolute Gasteiger partial charge is 0.465 e. The Bertz CT molecular complexity index is 498. The van der Waals surface area contributed by atoms with Crippen LogP contribution in [0.4, 0.5) is 11.6 Å². The van der Waals surface area contributed by atoms with Gasteiger partial charge in [0, 0.05) is 19.1 Å². The highest BCUT2D eigenvalue weighted by molar-refractivity contribution is 5.99. The van der Waals surface area contributed by atoms with Gasteiger partial charge in [-0.05, 0) is 32.6 Å². The second kappa shape index (κ2) is 6.83. The van der Waals surface area contributed by atoms with Crippen LogP contribution >= 0.6 is 0 Å². The van der Waals surface area contributed by atoms with E-state index in [2.05, 4.69) is 23.8 Å². The Morgan fingerprint density at radius 2 is 2.24 bits per heavy atom. The lowest BCUT2D eigenvalue weighted by Crippen LogP contribution is -2.38. The Labute approximate surface area is 126 Å². The van der Waals surface area contributed by atoms with Crippen LogP contribution in [0.1, 0.15) is 56.3 Å². The smallest absolute Gasteiger partial charge is 0.345 e. The third-order valence-electron chi connectivity index (χ3n) is 4.16. The molecule has 0 radical (unpaired) electrons. The van der Waals surface area contributed by atoms with Gasteiger partial charge in [-0.25, -0.2) is 9.48 Å². The molecule has 0 amide bonds. The number of esters is 1. The van der Waals surface area contributed by atoms with E-state index in [1.807, 2.05) is 0 Å². The maximum absolute atomic E-state index is 12.1. The van der Waals surface area contributed by atoms with Crippen molar-refractivity contribution in [3.63, 3.8) is 0 Å². The van der Waals surface area contributed by atoms with E-state index in [1.54, 1.807) is 4.68 Å². The molecular weight excluding hydrogens is 268 g/mol. The molecule has 118 valence electrons. The molecule has 1 aromatic heterocycles. The average molecular weight is 294 g/mol. The number of rotatable bonds is 5. The molecule has 1 aliphatic rings. The zero-order valence-corrected chi connectivity index (χ0v) is 13.3. The Hall–Kier alpha value is -1.72. The highest BCUT2D eigenvalue weighted by Gasteiger charge is 2.30. The summed E-state index contributed by atoms with van der Waals surface area (Å²) >= 11 is 0. The number of anilines is 2. The van der Waals surface area contributed by atoms with Gasteiger partial charge in [-0.3, -0.25) is 0 Å². The molecule has 2 heterocycles. The summed E-state index contributed by atoms with van der Waals surface area (Å²) in [6, 6.07) is 0.371. The van der Waals surface area contributed by atoms with Crippen molar-refractivity contribution in [2.45, 2.75) is 58.5 Å². The quantitative estimate of drug-likeness (QED) is 0.844. The molecule has 1 fully saturated rings. The van der Waals surface area contributed by atoms with Gasteiger partial charge in [0.1, 0.15) is 11.4 Å². The van der Waals surface area contributed by atoms with Crippen molar-refractivity contribution in [2.24, 2.45) is 0 Å². The fourth-order valence-electron chi connectivity index (χ4n) is 2.85. The lowest BCUT2D eigenvalue weighted by Gasteiger charge is -2.33. The molecule has 2 N–H and O–H groups in total. The zero-order chi connectivity index (χ0) is 15.4. The molecular formula is C15H26N4O2. The summed E-state index contributed by atoms with van der Waals surface area (Å²) < 4.78 is 6.65. The standard InChI is InChI=1S/C15H26N4O2/c1-4-5-10-19-13(16)12(15(20)21-3)14(17-19)18-9-7-6-8-11(18)2/h11H,4-10,16H2,1-3H3. The van der Waals surface area contributed by atoms with Crippen molar-refractivity contribution in [3.8, 4) is 0 Å². The number of hydrogen-bond donors (Lipinski definition) is 1. The highest BCUT2D eigenvalue weighted by Crippen LogP contribution is 2.31. The topological polar surface area (TPSA) is 73.4 Å². The molecule has 0 aromatic carbocycles. The van der Waals surface area contributed by atoms with Gasteiger partial charge in [-0.15, -0.1) is 0 Å². The number of aryl methyl sites for hydroxylation is 1. The van der Waals surface area contributed by atoms with Crippen molar-refractivity contribution in [1.29, 1.82) is 0 Å². The van der Waals surface area contributed by atoms with Gasteiger partial charge in [-0.1, -0.05) is 13.3 Å². The van der Waals surface area contributed by atoms with E-state index in [4.69, 9.17) is 10.5 Å². The van der Waals surface area contributed by atoms with Gasteiger partial charge >= 0.3 is 5.97 Å². The number of aromatic nitrogens is 2. The number of nitrogens with two attached hydrogens (primary N) is 1. The summed E-state index contributed by atoms with van der Waals surface area (Å²) in [4.78, 5) is 14.3. The molecule has 0 bridgehead atoms. The summed E-state index contributed by atoms with van der Waals surface area (Å²) in [7, 11) is 1.38. The van der Waals surface area contributed by atoms with Gasteiger partial charge in [0.05, 0.1) is 7.11 Å². The molecule has 1 aliphatic heterocycles. The SMILES string of the molecule is CCCCn1nc(N2CCCCC2C)c(C(=O)OC)c1N. The van der Waals surface area contributed by atoms with Crippen LogP contribution in [0.25, 0.3) is 0 Å². The average Bonchev–Trinajstić information content (AvgIpc) is 2.81. The maximum Gasteiger partial charge on any atom is 0.345 e. The first kappa shape index (κ1) is 15.7. The van der Waals surface area contributed by atoms with Crippen LogP contribution in [0.2, 0.25) is 0 Å². The number of unbranched alkanes of at least 4 members (excludes halogenated alkanes) is 1. The first-order valence-electron chi connectivity index (χ1n) is 7.81. The predicted octanol–water partition coefficient (Wildman–Crippen LogP) is 2.43. The maximum atomic E-state index is 12.1. The molecule has 2 rings (SSSR count). The van der Waals surface area contributed by atoms with Crippen molar-refractivity contribution in [2.75, 3.05) is 24.3 Å². The van der Waals surface area contributed by atoms with Crippen LogP contribution < -0.4 is 10.6 Å². The number of carbonyl (C=O) groups excluding carboxylic acids is 1. The van der Waals surface area contributed by atoms with E-state index in [1.165, 1.54) is 13.5 Å². The Kier molecular flexibility index (Phi) is 5.09. The molecule has 0 saturated carbocycles. The molecule has 1 aromatic rings. The summed E-state index contributed by atoms with van der Waals surface area (Å²) in [5.74, 6) is 0.703. The number of nitrogen functional groups attached to an aromatic ring is 1. The van der Waals surface area contributed by atoms with Crippen LogP contribution in [0, 0.1) is 0 Å². The first-order chi connectivity index (χ1) is 10.1. The van der Waals surface area contributed by atoms with Gasteiger partial charge in [0.15, 0.2) is 5.82 Å². The molecule has 6 heteroatoms.